The van der Waals surface area contributed by atoms with Gasteiger partial charge in [-0.05, 0) is 30.7 Å². The molecule has 2 fully saturated rings. The average molecular weight is 394 g/mol. The Kier molecular flexibility index (Phi) is 6.42. The molecular weight excluding hydrogens is 362 g/mol. The fourth-order valence-electron chi connectivity index (χ4n) is 4.33. The Labute approximate surface area is 173 Å². The third-order valence-electron chi connectivity index (χ3n) is 5.89. The van der Waals surface area contributed by atoms with Crippen molar-refractivity contribution in [3.8, 4) is 0 Å². The molecule has 2 aliphatic rings. The van der Waals surface area contributed by atoms with Crippen molar-refractivity contribution >= 4 is 11.7 Å². The third-order valence-corrected chi connectivity index (χ3v) is 5.89. The minimum absolute atomic E-state index is 0.110. The van der Waals surface area contributed by atoms with Crippen LogP contribution >= 0.6 is 0 Å². The van der Waals surface area contributed by atoms with E-state index in [1.54, 1.807) is 6.20 Å². The van der Waals surface area contributed by atoms with Gasteiger partial charge in [0, 0.05) is 58.1 Å². The molecule has 1 aromatic carbocycles. The van der Waals surface area contributed by atoms with Crippen molar-refractivity contribution in [2.45, 2.75) is 19.4 Å². The molecule has 1 aromatic heterocycles. The molecule has 4 rings (SSSR count). The standard InChI is InChI=1S/C23H31N5O/c1-2-12-26-14-16-27(17-15-26)23(29)20-9-6-10-25-22(20)28-13-11-24-21(18-28)19-7-4-3-5-8-19/h3-10,21,24H,2,11-18H2,1H3/t21-/m0/s1. The lowest BCUT2D eigenvalue weighted by Crippen LogP contribution is -2.50. The first-order valence-corrected chi connectivity index (χ1v) is 10.8. The molecule has 0 spiro atoms. The summed E-state index contributed by atoms with van der Waals surface area (Å²) in [6.07, 6.45) is 2.96. The number of hydrogen-bond acceptors (Lipinski definition) is 5. The Bertz CT molecular complexity index is 804. The van der Waals surface area contributed by atoms with Crippen LogP contribution in [0.2, 0.25) is 0 Å². The van der Waals surface area contributed by atoms with E-state index in [0.717, 1.165) is 70.2 Å². The number of aromatic nitrogens is 1. The minimum atomic E-state index is 0.110. The Hall–Kier alpha value is -2.44. The van der Waals surface area contributed by atoms with Gasteiger partial charge in [-0.1, -0.05) is 37.3 Å². The van der Waals surface area contributed by atoms with Crippen molar-refractivity contribution in [3.63, 3.8) is 0 Å². The first kappa shape index (κ1) is 19.9. The second kappa shape index (κ2) is 9.37. The van der Waals surface area contributed by atoms with Crippen LogP contribution in [0, 0.1) is 0 Å². The summed E-state index contributed by atoms with van der Waals surface area (Å²) in [7, 11) is 0. The maximum atomic E-state index is 13.3. The first-order valence-electron chi connectivity index (χ1n) is 10.8. The summed E-state index contributed by atoms with van der Waals surface area (Å²) in [4.78, 5) is 24.6. The highest BCUT2D eigenvalue weighted by Gasteiger charge is 2.28. The number of rotatable bonds is 5. The molecule has 6 nitrogen and oxygen atoms in total. The van der Waals surface area contributed by atoms with Crippen LogP contribution in [-0.4, -0.2) is 73.0 Å². The second-order valence-corrected chi connectivity index (χ2v) is 7.87. The van der Waals surface area contributed by atoms with Crippen LogP contribution in [0.4, 0.5) is 5.82 Å². The summed E-state index contributed by atoms with van der Waals surface area (Å²) in [5.41, 5.74) is 2.00. The van der Waals surface area contributed by atoms with Gasteiger partial charge in [0.25, 0.3) is 5.91 Å². The number of anilines is 1. The molecule has 0 saturated carbocycles. The maximum absolute atomic E-state index is 13.3. The van der Waals surface area contributed by atoms with E-state index >= 15 is 0 Å². The number of benzene rings is 1. The van der Waals surface area contributed by atoms with E-state index in [1.165, 1.54) is 5.56 Å². The van der Waals surface area contributed by atoms with Crippen LogP contribution in [0.5, 0.6) is 0 Å². The van der Waals surface area contributed by atoms with E-state index < -0.39 is 0 Å². The summed E-state index contributed by atoms with van der Waals surface area (Å²) in [5.74, 6) is 0.926. The molecule has 0 unspecified atom stereocenters. The van der Waals surface area contributed by atoms with Crippen molar-refractivity contribution in [2.24, 2.45) is 0 Å². The zero-order valence-electron chi connectivity index (χ0n) is 17.3. The van der Waals surface area contributed by atoms with E-state index in [1.807, 2.05) is 23.1 Å². The fraction of sp³-hybridized carbons (Fsp3) is 0.478. The molecule has 2 aliphatic heterocycles. The predicted molar refractivity (Wildman–Crippen MR) is 116 cm³/mol. The Morgan fingerprint density at radius 1 is 1.07 bits per heavy atom. The maximum Gasteiger partial charge on any atom is 0.257 e. The zero-order valence-corrected chi connectivity index (χ0v) is 17.3. The van der Waals surface area contributed by atoms with Gasteiger partial charge in [-0.15, -0.1) is 0 Å². The number of hydrogen-bond donors (Lipinski definition) is 1. The van der Waals surface area contributed by atoms with Gasteiger partial charge in [-0.25, -0.2) is 4.98 Å². The summed E-state index contributed by atoms with van der Waals surface area (Å²) >= 11 is 0. The SMILES string of the molecule is CCCN1CCN(C(=O)c2cccnc2N2CCN[C@H](c3ccccc3)C2)CC1. The highest BCUT2D eigenvalue weighted by atomic mass is 16.2. The highest BCUT2D eigenvalue weighted by molar-refractivity contribution is 5.99. The quantitative estimate of drug-likeness (QED) is 0.845. The van der Waals surface area contributed by atoms with Crippen LogP contribution < -0.4 is 10.2 Å². The molecular formula is C23H31N5O. The number of amides is 1. The number of piperazine rings is 2. The first-order chi connectivity index (χ1) is 14.3. The van der Waals surface area contributed by atoms with E-state index in [-0.39, 0.29) is 11.9 Å². The van der Waals surface area contributed by atoms with Gasteiger partial charge in [-0.3, -0.25) is 9.69 Å². The smallest absolute Gasteiger partial charge is 0.257 e. The Balaban J connectivity index is 1.49. The lowest BCUT2D eigenvalue weighted by molar-refractivity contribution is 0.0637. The summed E-state index contributed by atoms with van der Waals surface area (Å²) in [6.45, 7) is 9.36. The molecule has 1 N–H and O–H groups in total. The minimum Gasteiger partial charge on any atom is -0.353 e. The summed E-state index contributed by atoms with van der Waals surface area (Å²) in [5, 5.41) is 3.59. The molecule has 0 aliphatic carbocycles. The van der Waals surface area contributed by atoms with Crippen molar-refractivity contribution in [2.75, 3.05) is 57.3 Å². The summed E-state index contributed by atoms with van der Waals surface area (Å²) < 4.78 is 0. The fourth-order valence-corrected chi connectivity index (χ4v) is 4.33. The molecule has 1 amide bonds. The molecule has 0 radical (unpaired) electrons. The van der Waals surface area contributed by atoms with Gasteiger partial charge in [-0.2, -0.15) is 0 Å². The molecule has 154 valence electrons. The lowest BCUT2D eigenvalue weighted by Gasteiger charge is -2.37. The third kappa shape index (κ3) is 4.60. The van der Waals surface area contributed by atoms with Crippen molar-refractivity contribution < 1.29 is 4.79 Å². The molecule has 2 saturated heterocycles. The van der Waals surface area contributed by atoms with Gasteiger partial charge in [0.15, 0.2) is 0 Å². The molecule has 2 aromatic rings. The van der Waals surface area contributed by atoms with Gasteiger partial charge < -0.3 is 15.1 Å². The van der Waals surface area contributed by atoms with Crippen LogP contribution in [0.1, 0.15) is 35.3 Å². The van der Waals surface area contributed by atoms with Gasteiger partial charge >= 0.3 is 0 Å². The van der Waals surface area contributed by atoms with Crippen LogP contribution in [-0.2, 0) is 0 Å². The highest BCUT2D eigenvalue weighted by Crippen LogP contribution is 2.25. The van der Waals surface area contributed by atoms with Gasteiger partial charge in [0.2, 0.25) is 0 Å². The van der Waals surface area contributed by atoms with Crippen molar-refractivity contribution in [1.29, 1.82) is 0 Å². The van der Waals surface area contributed by atoms with Crippen LogP contribution in [0.25, 0.3) is 0 Å². The average Bonchev–Trinajstić information content (AvgIpc) is 2.80. The monoisotopic (exact) mass is 393 g/mol. The molecule has 6 heteroatoms. The number of nitrogens with one attached hydrogen (secondary N) is 1. The van der Waals surface area contributed by atoms with E-state index in [4.69, 9.17) is 0 Å². The lowest BCUT2D eigenvalue weighted by atomic mass is 10.0. The normalized spacial score (nSPS) is 20.7. The van der Waals surface area contributed by atoms with Gasteiger partial charge in [0.05, 0.1) is 5.56 Å². The Morgan fingerprint density at radius 2 is 1.86 bits per heavy atom. The van der Waals surface area contributed by atoms with E-state index in [0.29, 0.717) is 0 Å². The largest absolute Gasteiger partial charge is 0.353 e. The molecule has 3 heterocycles. The van der Waals surface area contributed by atoms with Gasteiger partial charge in [0.1, 0.15) is 5.82 Å². The second-order valence-electron chi connectivity index (χ2n) is 7.87. The van der Waals surface area contributed by atoms with Crippen molar-refractivity contribution in [3.05, 3.63) is 59.8 Å². The number of nitrogens with zero attached hydrogens (tertiary/aromatic N) is 4. The predicted octanol–water partition coefficient (Wildman–Crippen LogP) is 2.40. The summed E-state index contributed by atoms with van der Waals surface area (Å²) in [6, 6.07) is 14.5. The van der Waals surface area contributed by atoms with Crippen LogP contribution in [0.15, 0.2) is 48.7 Å². The van der Waals surface area contributed by atoms with Crippen LogP contribution in [0.3, 0.4) is 0 Å². The van der Waals surface area contributed by atoms with Crippen molar-refractivity contribution in [1.82, 2.24) is 20.1 Å². The van der Waals surface area contributed by atoms with E-state index in [2.05, 4.69) is 51.3 Å². The Morgan fingerprint density at radius 3 is 2.62 bits per heavy atom. The molecule has 1 atom stereocenters. The molecule has 29 heavy (non-hydrogen) atoms. The van der Waals surface area contributed by atoms with E-state index in [9.17, 15) is 4.79 Å². The topological polar surface area (TPSA) is 51.7 Å². The molecule has 0 bridgehead atoms. The number of carbonyl (C=O) groups is 1. The zero-order chi connectivity index (χ0) is 20.1. The number of pyridine rings is 1. The number of carbonyl (C=O) groups excluding carboxylic acids is 1.